The van der Waals surface area contributed by atoms with Crippen molar-refractivity contribution in [1.82, 2.24) is 4.90 Å². The summed E-state index contributed by atoms with van der Waals surface area (Å²) < 4.78 is 23.5. The van der Waals surface area contributed by atoms with Crippen LogP contribution in [0.15, 0.2) is 0 Å². The molecule has 4 nitrogen and oxygen atoms in total. The summed E-state index contributed by atoms with van der Waals surface area (Å²) in [6.07, 6.45) is 6.68. The van der Waals surface area contributed by atoms with Crippen LogP contribution >= 0.6 is 11.8 Å². The Bertz CT molecular complexity index is 430. The van der Waals surface area contributed by atoms with Gasteiger partial charge in [-0.3, -0.25) is 4.79 Å². The zero-order chi connectivity index (χ0) is 14.6. The van der Waals surface area contributed by atoms with Crippen LogP contribution in [0.1, 0.15) is 38.5 Å². The van der Waals surface area contributed by atoms with Crippen LogP contribution in [-0.4, -0.2) is 55.3 Å². The first-order valence-electron chi connectivity index (χ1n) is 7.51. The summed E-state index contributed by atoms with van der Waals surface area (Å²) in [4.78, 5) is 14.2. The van der Waals surface area contributed by atoms with Crippen LogP contribution in [0.4, 0.5) is 0 Å². The number of likely N-dealkylation sites (tertiary alicyclic amines) is 1. The Morgan fingerprint density at radius 2 is 1.90 bits per heavy atom. The fourth-order valence-electron chi connectivity index (χ4n) is 3.01. The van der Waals surface area contributed by atoms with Crippen molar-refractivity contribution < 1.29 is 13.2 Å². The lowest BCUT2D eigenvalue weighted by molar-refractivity contribution is -0.132. The highest BCUT2D eigenvalue weighted by atomic mass is 32.2. The fourth-order valence-corrected chi connectivity index (χ4v) is 5.26. The molecule has 2 aliphatic heterocycles. The molecule has 116 valence electrons. The number of carbonyl (C=O) groups is 1. The Morgan fingerprint density at radius 1 is 1.20 bits per heavy atom. The van der Waals surface area contributed by atoms with Crippen molar-refractivity contribution in [3.63, 3.8) is 0 Å². The van der Waals surface area contributed by atoms with Crippen molar-refractivity contribution in [2.24, 2.45) is 5.92 Å². The normalized spacial score (nSPS) is 26.2. The highest BCUT2D eigenvalue weighted by molar-refractivity contribution is 7.99. The first-order valence-corrected chi connectivity index (χ1v) is 10.6. The molecule has 0 aromatic rings. The highest BCUT2D eigenvalue weighted by Gasteiger charge is 2.29. The monoisotopic (exact) mass is 319 g/mol. The average molecular weight is 319 g/mol. The molecule has 0 aromatic carbocycles. The van der Waals surface area contributed by atoms with Crippen molar-refractivity contribution in [3.8, 4) is 0 Å². The molecule has 2 fully saturated rings. The van der Waals surface area contributed by atoms with Gasteiger partial charge in [0.2, 0.25) is 5.91 Å². The van der Waals surface area contributed by atoms with E-state index in [9.17, 15) is 13.2 Å². The average Bonchev–Trinajstić information content (AvgIpc) is 2.65. The minimum atomic E-state index is -3.05. The number of nitrogens with zero attached hydrogens (tertiary/aromatic N) is 1. The zero-order valence-corrected chi connectivity index (χ0v) is 13.8. The topological polar surface area (TPSA) is 54.5 Å². The minimum Gasteiger partial charge on any atom is -0.341 e. The molecule has 1 atom stereocenters. The molecule has 20 heavy (non-hydrogen) atoms. The molecule has 2 rings (SSSR count). The van der Waals surface area contributed by atoms with E-state index in [1.54, 1.807) is 4.90 Å². The number of sulfone groups is 1. The van der Waals surface area contributed by atoms with Gasteiger partial charge in [-0.25, -0.2) is 8.42 Å². The van der Waals surface area contributed by atoms with Crippen LogP contribution in [0, 0.1) is 5.92 Å². The van der Waals surface area contributed by atoms with E-state index in [2.05, 4.69) is 0 Å². The van der Waals surface area contributed by atoms with E-state index in [1.165, 1.54) is 6.26 Å². The minimum absolute atomic E-state index is 0.164. The number of rotatable bonds is 3. The number of amides is 1. The lowest BCUT2D eigenvalue weighted by Crippen LogP contribution is -2.40. The van der Waals surface area contributed by atoms with Gasteiger partial charge in [0, 0.05) is 25.8 Å². The van der Waals surface area contributed by atoms with Gasteiger partial charge >= 0.3 is 0 Å². The molecule has 0 spiro atoms. The van der Waals surface area contributed by atoms with Crippen LogP contribution in [0.2, 0.25) is 0 Å². The number of carbonyl (C=O) groups excluding carboxylic acids is 1. The SMILES string of the molecule is CS(=O)(=O)C1CCCCN(C(=O)CC2CCSCC2)C1. The third-order valence-electron chi connectivity index (χ3n) is 4.39. The lowest BCUT2D eigenvalue weighted by atomic mass is 9.98. The summed E-state index contributed by atoms with van der Waals surface area (Å²) in [6, 6.07) is 0. The van der Waals surface area contributed by atoms with Gasteiger partial charge < -0.3 is 4.90 Å². The first-order chi connectivity index (χ1) is 9.47. The molecule has 0 aliphatic carbocycles. The molecule has 0 radical (unpaired) electrons. The third kappa shape index (κ3) is 4.65. The Hall–Kier alpha value is -0.230. The quantitative estimate of drug-likeness (QED) is 0.798. The Balaban J connectivity index is 1.93. The fraction of sp³-hybridized carbons (Fsp3) is 0.929. The summed E-state index contributed by atoms with van der Waals surface area (Å²) in [5.41, 5.74) is 0. The standard InChI is InChI=1S/C14H25NO3S2/c1-20(17,18)13-4-2-3-7-15(11-13)14(16)10-12-5-8-19-9-6-12/h12-13H,2-11H2,1H3. The van der Waals surface area contributed by atoms with Crippen molar-refractivity contribution in [2.75, 3.05) is 30.9 Å². The Morgan fingerprint density at radius 3 is 2.55 bits per heavy atom. The van der Waals surface area contributed by atoms with Crippen LogP contribution in [0.3, 0.4) is 0 Å². The van der Waals surface area contributed by atoms with Gasteiger partial charge in [0.1, 0.15) is 0 Å². The maximum absolute atomic E-state index is 12.4. The van der Waals surface area contributed by atoms with Gasteiger partial charge in [0.25, 0.3) is 0 Å². The molecule has 2 heterocycles. The van der Waals surface area contributed by atoms with Gasteiger partial charge in [0.15, 0.2) is 9.84 Å². The summed E-state index contributed by atoms with van der Waals surface area (Å²) in [7, 11) is -3.05. The van der Waals surface area contributed by atoms with E-state index in [0.29, 0.717) is 25.3 Å². The van der Waals surface area contributed by atoms with Gasteiger partial charge in [-0.05, 0) is 43.1 Å². The number of hydrogen-bond acceptors (Lipinski definition) is 4. The van der Waals surface area contributed by atoms with E-state index in [0.717, 1.165) is 43.7 Å². The molecular weight excluding hydrogens is 294 g/mol. The van der Waals surface area contributed by atoms with Gasteiger partial charge in [0.05, 0.1) is 5.25 Å². The van der Waals surface area contributed by atoms with Crippen molar-refractivity contribution in [1.29, 1.82) is 0 Å². The van der Waals surface area contributed by atoms with Gasteiger partial charge in [-0.1, -0.05) is 6.42 Å². The number of thioether (sulfide) groups is 1. The summed E-state index contributed by atoms with van der Waals surface area (Å²) in [5.74, 6) is 2.98. The van der Waals surface area contributed by atoms with Crippen molar-refractivity contribution >= 4 is 27.5 Å². The summed E-state index contributed by atoms with van der Waals surface area (Å²) in [5, 5.41) is -0.365. The molecule has 1 unspecified atom stereocenters. The Labute approximate surface area is 126 Å². The second-order valence-corrected chi connectivity index (χ2v) is 9.60. The Kier molecular flexibility index (Phi) is 5.78. The molecule has 2 saturated heterocycles. The predicted molar refractivity (Wildman–Crippen MR) is 83.7 cm³/mol. The van der Waals surface area contributed by atoms with Crippen LogP contribution in [-0.2, 0) is 14.6 Å². The zero-order valence-electron chi connectivity index (χ0n) is 12.2. The number of hydrogen-bond donors (Lipinski definition) is 0. The molecule has 2 aliphatic rings. The van der Waals surface area contributed by atoms with E-state index in [-0.39, 0.29) is 11.2 Å². The largest absolute Gasteiger partial charge is 0.341 e. The summed E-state index contributed by atoms with van der Waals surface area (Å²) >= 11 is 1.96. The molecular formula is C14H25NO3S2. The second kappa shape index (κ2) is 7.16. The summed E-state index contributed by atoms with van der Waals surface area (Å²) in [6.45, 7) is 1.13. The maximum atomic E-state index is 12.4. The first kappa shape index (κ1) is 16.1. The van der Waals surface area contributed by atoms with E-state index in [4.69, 9.17) is 0 Å². The predicted octanol–water partition coefficient (Wildman–Crippen LogP) is 1.95. The molecule has 6 heteroatoms. The van der Waals surface area contributed by atoms with Gasteiger partial charge in [-0.15, -0.1) is 0 Å². The van der Waals surface area contributed by atoms with Crippen LogP contribution in [0.5, 0.6) is 0 Å². The van der Waals surface area contributed by atoms with E-state index < -0.39 is 9.84 Å². The second-order valence-electron chi connectivity index (χ2n) is 6.05. The van der Waals surface area contributed by atoms with Crippen molar-refractivity contribution in [3.05, 3.63) is 0 Å². The molecule has 1 amide bonds. The molecule has 0 saturated carbocycles. The van der Waals surface area contributed by atoms with E-state index in [1.807, 2.05) is 11.8 Å². The third-order valence-corrected chi connectivity index (χ3v) is 7.04. The van der Waals surface area contributed by atoms with Crippen LogP contribution in [0.25, 0.3) is 0 Å². The molecule has 0 aromatic heterocycles. The molecule has 0 bridgehead atoms. The van der Waals surface area contributed by atoms with Crippen LogP contribution < -0.4 is 0 Å². The van der Waals surface area contributed by atoms with Gasteiger partial charge in [-0.2, -0.15) is 11.8 Å². The smallest absolute Gasteiger partial charge is 0.222 e. The van der Waals surface area contributed by atoms with Crippen molar-refractivity contribution in [2.45, 2.75) is 43.8 Å². The van der Waals surface area contributed by atoms with E-state index >= 15 is 0 Å². The lowest BCUT2D eigenvalue weighted by Gasteiger charge is -2.27. The highest BCUT2D eigenvalue weighted by Crippen LogP contribution is 2.26. The maximum Gasteiger partial charge on any atom is 0.222 e. The molecule has 0 N–H and O–H groups in total.